The lowest BCUT2D eigenvalue weighted by Gasteiger charge is -2.32. The van der Waals surface area contributed by atoms with Gasteiger partial charge in [0.15, 0.2) is 5.69 Å². The normalized spacial score (nSPS) is 13.1. The predicted octanol–water partition coefficient (Wildman–Crippen LogP) is 6.12. The van der Waals surface area contributed by atoms with E-state index < -0.39 is 0 Å². The number of hydrogen-bond donors (Lipinski definition) is 2. The summed E-state index contributed by atoms with van der Waals surface area (Å²) < 4.78 is 18.1. The van der Waals surface area contributed by atoms with Crippen LogP contribution >= 0.6 is 34.8 Å². The van der Waals surface area contributed by atoms with Crippen molar-refractivity contribution >= 4 is 58.4 Å². The van der Waals surface area contributed by atoms with Crippen molar-refractivity contribution < 1.29 is 33.4 Å². The van der Waals surface area contributed by atoms with Crippen molar-refractivity contribution in [3.05, 3.63) is 68.8 Å². The van der Waals surface area contributed by atoms with E-state index in [0.717, 1.165) is 25.0 Å². The molecule has 0 aliphatic carbocycles. The number of amides is 4. The molecule has 2 heterocycles. The van der Waals surface area contributed by atoms with Gasteiger partial charge in [0.05, 0.1) is 49.4 Å². The molecule has 0 radical (unpaired) electrons. The van der Waals surface area contributed by atoms with Crippen LogP contribution in [-0.2, 0) is 28.6 Å². The molecule has 13 nitrogen and oxygen atoms in total. The van der Waals surface area contributed by atoms with Crippen molar-refractivity contribution in [1.82, 2.24) is 30.2 Å². The van der Waals surface area contributed by atoms with Crippen molar-refractivity contribution in [3.63, 3.8) is 0 Å². The largest absolute Gasteiger partial charge is 0.379 e. The Bertz CT molecular complexity index is 1750. The average Bonchev–Trinajstić information content (AvgIpc) is 3.52. The van der Waals surface area contributed by atoms with E-state index in [1.165, 1.54) is 4.90 Å². The lowest BCUT2D eigenvalue weighted by atomic mass is 10.0. The third kappa shape index (κ3) is 14.0. The Kier molecular flexibility index (Phi) is 18.9. The van der Waals surface area contributed by atoms with E-state index in [-0.39, 0.29) is 54.8 Å². The molecule has 4 rings (SSSR count). The second kappa shape index (κ2) is 23.5. The van der Waals surface area contributed by atoms with E-state index in [0.29, 0.717) is 104 Å². The molecule has 1 fully saturated rings. The molecular weight excluding hydrogens is 783 g/mol. The van der Waals surface area contributed by atoms with Gasteiger partial charge >= 0.3 is 0 Å². The quantitative estimate of drug-likeness (QED) is 0.115. The van der Waals surface area contributed by atoms with Crippen molar-refractivity contribution in [1.29, 1.82) is 0 Å². The summed E-state index contributed by atoms with van der Waals surface area (Å²) in [5.74, 6) is -1.05. The van der Waals surface area contributed by atoms with Gasteiger partial charge in [-0.1, -0.05) is 60.3 Å². The first-order valence-corrected chi connectivity index (χ1v) is 20.2. The van der Waals surface area contributed by atoms with Crippen LogP contribution in [0.4, 0.5) is 0 Å². The summed E-state index contributed by atoms with van der Waals surface area (Å²) >= 11 is 18.9. The minimum absolute atomic E-state index is 0.00439. The second-order valence-corrected chi connectivity index (χ2v) is 14.9. The van der Waals surface area contributed by atoms with Crippen LogP contribution in [0.1, 0.15) is 67.9 Å². The molecule has 1 aliphatic rings. The number of likely N-dealkylation sites (tertiary alicyclic amines) is 1. The lowest BCUT2D eigenvalue weighted by molar-refractivity contribution is -0.138. The number of hydrogen-bond acceptors (Lipinski definition) is 8. The highest BCUT2D eigenvalue weighted by Crippen LogP contribution is 2.33. The Morgan fingerprint density at radius 1 is 0.857 bits per heavy atom. The fourth-order valence-corrected chi connectivity index (χ4v) is 6.74. The molecule has 1 aromatic heterocycles. The van der Waals surface area contributed by atoms with Crippen molar-refractivity contribution in [3.8, 4) is 16.9 Å². The number of ether oxygens (including phenoxy) is 3. The average molecular weight is 836 g/mol. The number of nitrogens with one attached hydrogen (secondary N) is 2. The highest BCUT2D eigenvalue weighted by atomic mass is 35.5. The SMILES string of the molecule is CCCCOCCOCCOCCCNC(=O)CN(C)C(=O)CCC(=O)N1CCC(NC(=O)c2nn(-c3ccc(Cl)cc3Cl)c(-c3ccc(Cl)cc3)c2C)CC1. The number of nitrogens with zero attached hydrogens (tertiary/aromatic N) is 4. The highest BCUT2D eigenvalue weighted by Gasteiger charge is 2.28. The van der Waals surface area contributed by atoms with E-state index in [9.17, 15) is 19.2 Å². The molecule has 2 N–H and O–H groups in total. The van der Waals surface area contributed by atoms with E-state index >= 15 is 0 Å². The molecule has 0 saturated carbocycles. The Hall–Kier alpha value is -3.72. The molecule has 1 aliphatic heterocycles. The third-order valence-corrected chi connectivity index (χ3v) is 10.1. The van der Waals surface area contributed by atoms with Crippen molar-refractivity contribution in [2.24, 2.45) is 0 Å². The first kappa shape index (κ1) is 45.0. The number of rotatable bonds is 22. The van der Waals surface area contributed by atoms with Gasteiger partial charge in [-0.3, -0.25) is 19.2 Å². The number of piperidine rings is 1. The zero-order valence-corrected chi connectivity index (χ0v) is 34.7. The van der Waals surface area contributed by atoms with Crippen LogP contribution < -0.4 is 10.6 Å². The Morgan fingerprint density at radius 3 is 2.12 bits per heavy atom. The fraction of sp³-hybridized carbons (Fsp3) is 0.525. The monoisotopic (exact) mass is 834 g/mol. The van der Waals surface area contributed by atoms with Gasteiger partial charge in [-0.25, -0.2) is 4.68 Å². The maximum Gasteiger partial charge on any atom is 0.272 e. The molecule has 0 unspecified atom stereocenters. The number of benzene rings is 2. The van der Waals surface area contributed by atoms with Crippen LogP contribution in [0.25, 0.3) is 16.9 Å². The summed E-state index contributed by atoms with van der Waals surface area (Å²) in [5.41, 5.74) is 2.98. The number of carbonyl (C=O) groups excluding carboxylic acids is 4. The number of unbranched alkanes of at least 4 members (excludes halogenated alkanes) is 1. The van der Waals surface area contributed by atoms with Gasteiger partial charge in [0.25, 0.3) is 5.91 Å². The molecule has 56 heavy (non-hydrogen) atoms. The van der Waals surface area contributed by atoms with Crippen molar-refractivity contribution in [2.45, 2.75) is 64.8 Å². The van der Waals surface area contributed by atoms with Gasteiger partial charge in [-0.15, -0.1) is 0 Å². The minimum atomic E-state index is -0.335. The van der Waals surface area contributed by atoms with E-state index in [4.69, 9.17) is 54.1 Å². The highest BCUT2D eigenvalue weighted by molar-refractivity contribution is 6.35. The maximum atomic E-state index is 13.6. The van der Waals surface area contributed by atoms with Crippen LogP contribution in [0.15, 0.2) is 42.5 Å². The summed E-state index contributed by atoms with van der Waals surface area (Å²) in [6, 6.07) is 12.2. The Morgan fingerprint density at radius 2 is 1.48 bits per heavy atom. The number of halogens is 3. The predicted molar refractivity (Wildman–Crippen MR) is 218 cm³/mol. The third-order valence-electron chi connectivity index (χ3n) is 9.31. The number of aromatic nitrogens is 2. The zero-order valence-electron chi connectivity index (χ0n) is 32.4. The number of carbonyl (C=O) groups is 4. The standard InChI is InChI=1S/C40H53Cl3N6O7/c1-4-5-20-54-22-24-56-25-23-55-21-6-17-44-35(50)27-47(3)36(51)13-14-37(52)48-18-15-32(16-19-48)45-40(53)38-28(2)39(29-7-9-30(41)10-8-29)49(46-38)34-12-11-31(42)26-33(34)43/h7-12,26,32H,4-6,13-25,27H2,1-3H3,(H,44,50)(H,45,53). The van der Waals surface area contributed by atoms with Gasteiger partial charge in [0, 0.05) is 80.0 Å². The van der Waals surface area contributed by atoms with Gasteiger partial charge in [-0.2, -0.15) is 5.10 Å². The summed E-state index contributed by atoms with van der Waals surface area (Å²) in [7, 11) is 1.55. The first-order chi connectivity index (χ1) is 27.0. The molecule has 0 spiro atoms. The minimum Gasteiger partial charge on any atom is -0.379 e. The van der Waals surface area contributed by atoms with Crippen LogP contribution in [0.5, 0.6) is 0 Å². The zero-order chi connectivity index (χ0) is 40.5. The summed E-state index contributed by atoms with van der Waals surface area (Å²) in [6.45, 7) is 8.46. The topological polar surface area (TPSA) is 144 Å². The van der Waals surface area contributed by atoms with Gasteiger partial charge in [-0.05, 0) is 62.9 Å². The van der Waals surface area contributed by atoms with Gasteiger partial charge in [0.1, 0.15) is 0 Å². The summed E-state index contributed by atoms with van der Waals surface area (Å²) in [4.78, 5) is 54.7. The van der Waals surface area contributed by atoms with E-state index in [1.54, 1.807) is 47.0 Å². The van der Waals surface area contributed by atoms with Crippen LogP contribution in [0, 0.1) is 6.92 Å². The Labute approximate surface area is 344 Å². The molecule has 3 aromatic rings. The molecule has 2 aromatic carbocycles. The van der Waals surface area contributed by atoms with E-state index in [2.05, 4.69) is 17.6 Å². The molecule has 16 heteroatoms. The van der Waals surface area contributed by atoms with Gasteiger partial charge in [0.2, 0.25) is 17.7 Å². The molecule has 1 saturated heterocycles. The first-order valence-electron chi connectivity index (χ1n) is 19.1. The summed E-state index contributed by atoms with van der Waals surface area (Å²) in [6.07, 6.45) is 3.92. The fourth-order valence-electron chi connectivity index (χ4n) is 6.13. The molecule has 0 atom stereocenters. The lowest BCUT2D eigenvalue weighted by Crippen LogP contribution is -2.47. The Balaban J connectivity index is 1.15. The molecular formula is C40H53Cl3N6O7. The van der Waals surface area contributed by atoms with Gasteiger partial charge < -0.3 is 34.6 Å². The maximum absolute atomic E-state index is 13.6. The molecule has 4 amide bonds. The smallest absolute Gasteiger partial charge is 0.272 e. The molecule has 0 bridgehead atoms. The van der Waals surface area contributed by atoms with E-state index in [1.807, 2.05) is 19.1 Å². The molecule has 306 valence electrons. The van der Waals surface area contributed by atoms with Crippen molar-refractivity contribution in [2.75, 3.05) is 72.9 Å². The summed E-state index contributed by atoms with van der Waals surface area (Å²) in [5, 5.41) is 12.0. The van der Waals surface area contributed by atoms with Crippen LogP contribution in [-0.4, -0.2) is 122 Å². The number of likely N-dealkylation sites (N-methyl/N-ethyl adjacent to an activating group) is 1. The van der Waals surface area contributed by atoms with Crippen LogP contribution in [0.2, 0.25) is 15.1 Å². The van der Waals surface area contributed by atoms with Crippen LogP contribution in [0.3, 0.4) is 0 Å². The second-order valence-electron chi connectivity index (χ2n) is 13.6.